The van der Waals surface area contributed by atoms with Crippen molar-refractivity contribution in [3.05, 3.63) is 57.9 Å². The summed E-state index contributed by atoms with van der Waals surface area (Å²) in [6.45, 7) is 2.29. The van der Waals surface area contributed by atoms with Crippen molar-refractivity contribution >= 4 is 28.8 Å². The summed E-state index contributed by atoms with van der Waals surface area (Å²) in [5.41, 5.74) is 1.77. The SMILES string of the molecule is Cc1nc(-c2ccccc2Cl)sc1CNC(=O)c1ccno1. The third kappa shape index (κ3) is 3.03. The highest BCUT2D eigenvalue weighted by atomic mass is 35.5. The molecular formula is C15H12ClN3O2S. The Morgan fingerprint density at radius 2 is 2.18 bits per heavy atom. The molecule has 112 valence electrons. The normalized spacial score (nSPS) is 10.6. The summed E-state index contributed by atoms with van der Waals surface area (Å²) in [4.78, 5) is 17.3. The van der Waals surface area contributed by atoms with Gasteiger partial charge in [0, 0.05) is 16.5 Å². The van der Waals surface area contributed by atoms with Gasteiger partial charge >= 0.3 is 0 Å². The van der Waals surface area contributed by atoms with Crippen LogP contribution in [0.15, 0.2) is 41.1 Å². The Balaban J connectivity index is 1.76. The highest BCUT2D eigenvalue weighted by Gasteiger charge is 2.14. The molecule has 1 amide bonds. The van der Waals surface area contributed by atoms with Crippen LogP contribution in [0.4, 0.5) is 0 Å². The monoisotopic (exact) mass is 333 g/mol. The van der Waals surface area contributed by atoms with Gasteiger partial charge in [0.15, 0.2) is 0 Å². The van der Waals surface area contributed by atoms with Crippen molar-refractivity contribution in [3.8, 4) is 10.6 Å². The molecule has 1 aromatic carbocycles. The number of nitrogens with zero attached hydrogens (tertiary/aromatic N) is 2. The minimum Gasteiger partial charge on any atom is -0.351 e. The standard InChI is InChI=1S/C15H12ClN3O2S/c1-9-13(8-17-14(20)12-6-7-18-21-12)22-15(19-9)10-4-2-3-5-11(10)16/h2-7H,8H2,1H3,(H,17,20). The van der Waals surface area contributed by atoms with E-state index in [1.165, 1.54) is 23.6 Å². The van der Waals surface area contributed by atoms with E-state index >= 15 is 0 Å². The van der Waals surface area contributed by atoms with Crippen molar-refractivity contribution in [2.45, 2.75) is 13.5 Å². The molecule has 2 aromatic heterocycles. The summed E-state index contributed by atoms with van der Waals surface area (Å²) < 4.78 is 4.81. The largest absolute Gasteiger partial charge is 0.351 e. The number of hydrogen-bond acceptors (Lipinski definition) is 5. The van der Waals surface area contributed by atoms with Crippen molar-refractivity contribution in [2.75, 3.05) is 0 Å². The maximum atomic E-state index is 11.8. The second-order valence-electron chi connectivity index (χ2n) is 4.57. The molecule has 2 heterocycles. The third-order valence-corrected chi connectivity index (χ3v) is 4.59. The number of carbonyl (C=O) groups excluding carboxylic acids is 1. The van der Waals surface area contributed by atoms with Crippen molar-refractivity contribution in [1.29, 1.82) is 0 Å². The van der Waals surface area contributed by atoms with E-state index in [-0.39, 0.29) is 11.7 Å². The number of aryl methyl sites for hydroxylation is 1. The second kappa shape index (κ2) is 6.29. The van der Waals surface area contributed by atoms with E-state index in [1.54, 1.807) is 0 Å². The minimum atomic E-state index is -0.301. The van der Waals surface area contributed by atoms with Gasteiger partial charge in [0.05, 0.1) is 23.5 Å². The predicted octanol–water partition coefficient (Wildman–Crippen LogP) is 3.69. The topological polar surface area (TPSA) is 68.0 Å². The van der Waals surface area contributed by atoms with Crippen LogP contribution in [0.3, 0.4) is 0 Å². The molecule has 5 nitrogen and oxygen atoms in total. The van der Waals surface area contributed by atoms with Gasteiger partial charge in [-0.2, -0.15) is 0 Å². The maximum Gasteiger partial charge on any atom is 0.290 e. The molecule has 0 unspecified atom stereocenters. The molecule has 0 radical (unpaired) electrons. The lowest BCUT2D eigenvalue weighted by Crippen LogP contribution is -2.22. The average Bonchev–Trinajstić information content (AvgIpc) is 3.15. The van der Waals surface area contributed by atoms with Crippen LogP contribution in [0.25, 0.3) is 10.6 Å². The van der Waals surface area contributed by atoms with E-state index in [2.05, 4.69) is 15.5 Å². The smallest absolute Gasteiger partial charge is 0.290 e. The van der Waals surface area contributed by atoms with Crippen molar-refractivity contribution in [1.82, 2.24) is 15.5 Å². The molecule has 0 bridgehead atoms. The molecule has 0 aliphatic rings. The van der Waals surface area contributed by atoms with Crippen molar-refractivity contribution in [3.63, 3.8) is 0 Å². The maximum absolute atomic E-state index is 11.8. The molecule has 3 rings (SSSR count). The molecule has 3 aromatic rings. The molecule has 0 atom stereocenters. The Morgan fingerprint density at radius 1 is 1.36 bits per heavy atom. The summed E-state index contributed by atoms with van der Waals surface area (Å²) in [5, 5.41) is 7.80. The van der Waals surface area contributed by atoms with Gasteiger partial charge in [-0.25, -0.2) is 4.98 Å². The molecule has 22 heavy (non-hydrogen) atoms. The van der Waals surface area contributed by atoms with E-state index < -0.39 is 0 Å². The van der Waals surface area contributed by atoms with Gasteiger partial charge in [0.1, 0.15) is 5.01 Å². The predicted molar refractivity (Wildman–Crippen MR) is 85.0 cm³/mol. The van der Waals surface area contributed by atoms with E-state index in [1.807, 2.05) is 31.2 Å². The van der Waals surface area contributed by atoms with Gasteiger partial charge in [-0.05, 0) is 13.0 Å². The first-order valence-electron chi connectivity index (χ1n) is 6.55. The fraction of sp³-hybridized carbons (Fsp3) is 0.133. The Labute approximate surface area is 135 Å². The Kier molecular flexibility index (Phi) is 4.22. The molecule has 0 saturated carbocycles. The van der Waals surface area contributed by atoms with E-state index in [0.29, 0.717) is 11.6 Å². The molecule has 0 spiro atoms. The number of amides is 1. The van der Waals surface area contributed by atoms with Gasteiger partial charge in [0.25, 0.3) is 5.91 Å². The summed E-state index contributed by atoms with van der Waals surface area (Å²) in [6.07, 6.45) is 1.43. The van der Waals surface area contributed by atoms with E-state index in [0.717, 1.165) is 21.1 Å². The average molecular weight is 334 g/mol. The Bertz CT molecular complexity index is 799. The number of aromatic nitrogens is 2. The number of halogens is 1. The van der Waals surface area contributed by atoms with Crippen LogP contribution in [-0.4, -0.2) is 16.0 Å². The van der Waals surface area contributed by atoms with Crippen molar-refractivity contribution in [2.24, 2.45) is 0 Å². The number of hydrogen-bond donors (Lipinski definition) is 1. The zero-order chi connectivity index (χ0) is 15.5. The lowest BCUT2D eigenvalue weighted by atomic mass is 10.2. The fourth-order valence-corrected chi connectivity index (χ4v) is 3.25. The fourth-order valence-electron chi connectivity index (χ4n) is 1.92. The molecule has 0 fully saturated rings. The van der Waals surface area contributed by atoms with Crippen LogP contribution in [-0.2, 0) is 6.54 Å². The summed E-state index contributed by atoms with van der Waals surface area (Å²) in [5.74, 6) is -0.113. The summed E-state index contributed by atoms with van der Waals surface area (Å²) >= 11 is 7.70. The van der Waals surface area contributed by atoms with Gasteiger partial charge in [-0.15, -0.1) is 11.3 Å². The highest BCUT2D eigenvalue weighted by molar-refractivity contribution is 7.15. The first kappa shape index (κ1) is 14.7. The zero-order valence-corrected chi connectivity index (χ0v) is 13.2. The number of nitrogens with one attached hydrogen (secondary N) is 1. The molecule has 0 saturated heterocycles. The second-order valence-corrected chi connectivity index (χ2v) is 6.06. The summed E-state index contributed by atoms with van der Waals surface area (Å²) in [7, 11) is 0. The third-order valence-electron chi connectivity index (χ3n) is 3.07. The Morgan fingerprint density at radius 3 is 2.91 bits per heavy atom. The highest BCUT2D eigenvalue weighted by Crippen LogP contribution is 2.32. The lowest BCUT2D eigenvalue weighted by Gasteiger charge is -2.00. The van der Waals surface area contributed by atoms with Gasteiger partial charge in [0.2, 0.25) is 5.76 Å². The van der Waals surface area contributed by atoms with Crippen LogP contribution in [0.5, 0.6) is 0 Å². The zero-order valence-electron chi connectivity index (χ0n) is 11.7. The molecule has 0 aliphatic carbocycles. The molecule has 0 aliphatic heterocycles. The van der Waals surface area contributed by atoms with E-state index in [9.17, 15) is 4.79 Å². The van der Waals surface area contributed by atoms with E-state index in [4.69, 9.17) is 16.1 Å². The van der Waals surface area contributed by atoms with Crippen LogP contribution >= 0.6 is 22.9 Å². The molecular weight excluding hydrogens is 322 g/mol. The first-order valence-corrected chi connectivity index (χ1v) is 7.74. The Hall–Kier alpha value is -2.18. The quantitative estimate of drug-likeness (QED) is 0.790. The number of carbonyl (C=O) groups is 1. The first-order chi connectivity index (χ1) is 10.6. The van der Waals surface area contributed by atoms with Gasteiger partial charge in [-0.1, -0.05) is 35.0 Å². The lowest BCUT2D eigenvalue weighted by molar-refractivity contribution is 0.0914. The number of thiazole rings is 1. The van der Waals surface area contributed by atoms with Crippen LogP contribution in [0.2, 0.25) is 5.02 Å². The van der Waals surface area contributed by atoms with Gasteiger partial charge in [-0.3, -0.25) is 4.79 Å². The summed E-state index contributed by atoms with van der Waals surface area (Å²) in [6, 6.07) is 9.08. The minimum absolute atomic E-state index is 0.188. The van der Waals surface area contributed by atoms with Crippen molar-refractivity contribution < 1.29 is 9.32 Å². The number of rotatable bonds is 4. The van der Waals surface area contributed by atoms with Gasteiger partial charge < -0.3 is 9.84 Å². The van der Waals surface area contributed by atoms with Crippen LogP contribution < -0.4 is 5.32 Å². The molecule has 1 N–H and O–H groups in total. The number of benzene rings is 1. The van der Waals surface area contributed by atoms with Crippen LogP contribution in [0.1, 0.15) is 21.1 Å². The molecule has 7 heteroatoms. The van der Waals surface area contributed by atoms with Crippen LogP contribution in [0, 0.1) is 6.92 Å².